The zero-order valence-electron chi connectivity index (χ0n) is 9.91. The largest absolute Gasteiger partial charge is 0.306 e. The van der Waals surface area contributed by atoms with Crippen LogP contribution >= 0.6 is 15.9 Å². The Hall–Kier alpha value is -1.12. The van der Waals surface area contributed by atoms with Crippen LogP contribution in [0.15, 0.2) is 53.5 Å². The summed E-state index contributed by atoms with van der Waals surface area (Å²) in [7, 11) is 0. The molecule has 0 aliphatic rings. The normalized spacial score (nSPS) is 12.6. The van der Waals surface area contributed by atoms with E-state index in [0.717, 1.165) is 11.0 Å². The molecule has 2 heteroatoms. The van der Waals surface area contributed by atoms with E-state index >= 15 is 0 Å². The van der Waals surface area contributed by atoms with Gasteiger partial charge in [0, 0.05) is 17.1 Å². The lowest BCUT2D eigenvalue weighted by Gasteiger charge is -2.14. The summed E-state index contributed by atoms with van der Waals surface area (Å²) in [4.78, 5) is 0. The topological polar surface area (TPSA) is 12.0 Å². The van der Waals surface area contributed by atoms with Gasteiger partial charge in [-0.1, -0.05) is 58.9 Å². The first-order valence-corrected chi connectivity index (χ1v) is 6.51. The molecule has 0 amide bonds. The van der Waals surface area contributed by atoms with Gasteiger partial charge in [-0.05, 0) is 29.3 Å². The third-order valence-electron chi connectivity index (χ3n) is 2.87. The predicted octanol–water partition coefficient (Wildman–Crippen LogP) is 4.40. The minimum absolute atomic E-state index is 0.328. The molecule has 0 saturated heterocycles. The molecule has 1 atom stereocenters. The third-order valence-corrected chi connectivity index (χ3v) is 3.15. The van der Waals surface area contributed by atoms with Crippen LogP contribution in [0, 0.1) is 0 Å². The molecule has 0 radical (unpaired) electrons. The Bertz CT molecular complexity index is 533. The molecule has 0 aliphatic heterocycles. The van der Waals surface area contributed by atoms with Crippen LogP contribution in [0.1, 0.15) is 18.5 Å². The second kappa shape index (κ2) is 5.48. The van der Waals surface area contributed by atoms with Gasteiger partial charge in [-0.25, -0.2) is 0 Å². The summed E-state index contributed by atoms with van der Waals surface area (Å²) >= 11 is 3.36. The van der Waals surface area contributed by atoms with Crippen molar-refractivity contribution < 1.29 is 0 Å². The second-order valence-corrected chi connectivity index (χ2v) is 5.35. The zero-order valence-corrected chi connectivity index (χ0v) is 11.5. The van der Waals surface area contributed by atoms with E-state index in [2.05, 4.69) is 77.2 Å². The van der Waals surface area contributed by atoms with Crippen molar-refractivity contribution in [3.8, 4) is 0 Å². The minimum atomic E-state index is 0.328. The molecule has 0 aliphatic carbocycles. The van der Waals surface area contributed by atoms with Crippen LogP contribution in [0.3, 0.4) is 0 Å². The van der Waals surface area contributed by atoms with Crippen molar-refractivity contribution in [1.29, 1.82) is 0 Å². The number of nitrogens with one attached hydrogen (secondary N) is 1. The van der Waals surface area contributed by atoms with Gasteiger partial charge < -0.3 is 5.32 Å². The fourth-order valence-electron chi connectivity index (χ4n) is 1.86. The predicted molar refractivity (Wildman–Crippen MR) is 78.4 cm³/mol. The van der Waals surface area contributed by atoms with E-state index in [1.165, 1.54) is 16.3 Å². The quantitative estimate of drug-likeness (QED) is 0.880. The number of halogens is 1. The fourth-order valence-corrected chi connectivity index (χ4v) is 2.02. The molecule has 0 aromatic heterocycles. The lowest BCUT2D eigenvalue weighted by molar-refractivity contribution is 0.616. The molecule has 2 aromatic rings. The number of fused-ring (bicyclic) bond motifs is 1. The van der Waals surface area contributed by atoms with E-state index in [1.807, 2.05) is 0 Å². The summed E-state index contributed by atoms with van der Waals surface area (Å²) in [6.07, 6.45) is 0. The highest BCUT2D eigenvalue weighted by atomic mass is 79.9. The Morgan fingerprint density at radius 1 is 1.24 bits per heavy atom. The molecule has 1 nitrogen and oxygen atoms in total. The molecule has 0 fully saturated rings. The van der Waals surface area contributed by atoms with Crippen LogP contribution in [0.4, 0.5) is 0 Å². The molecule has 2 rings (SSSR count). The van der Waals surface area contributed by atoms with Crippen LogP contribution in [0.5, 0.6) is 0 Å². The van der Waals surface area contributed by atoms with E-state index in [-0.39, 0.29) is 0 Å². The number of rotatable bonds is 4. The van der Waals surface area contributed by atoms with Crippen molar-refractivity contribution in [2.75, 3.05) is 6.54 Å². The van der Waals surface area contributed by atoms with E-state index in [1.54, 1.807) is 0 Å². The van der Waals surface area contributed by atoms with Crippen LogP contribution in [0.2, 0.25) is 0 Å². The minimum Gasteiger partial charge on any atom is -0.306 e. The van der Waals surface area contributed by atoms with Gasteiger partial charge in [0.15, 0.2) is 0 Å². The maximum absolute atomic E-state index is 3.82. The smallest absolute Gasteiger partial charge is 0.0295 e. The van der Waals surface area contributed by atoms with Gasteiger partial charge in [0.05, 0.1) is 0 Å². The average molecular weight is 290 g/mol. The first kappa shape index (κ1) is 12.3. The summed E-state index contributed by atoms with van der Waals surface area (Å²) < 4.78 is 0.977. The summed E-state index contributed by atoms with van der Waals surface area (Å²) in [5.41, 5.74) is 1.30. The van der Waals surface area contributed by atoms with Crippen LogP contribution in [-0.4, -0.2) is 6.54 Å². The molecule has 17 heavy (non-hydrogen) atoms. The first-order valence-electron chi connectivity index (χ1n) is 5.72. The van der Waals surface area contributed by atoms with Gasteiger partial charge in [-0.2, -0.15) is 0 Å². The maximum atomic E-state index is 3.82. The fraction of sp³-hybridized carbons (Fsp3) is 0.200. The molecule has 0 bridgehead atoms. The molecule has 1 N–H and O–H groups in total. The molecular weight excluding hydrogens is 274 g/mol. The molecule has 0 saturated carbocycles. The Balaban J connectivity index is 2.20. The highest BCUT2D eigenvalue weighted by molar-refractivity contribution is 9.11. The third kappa shape index (κ3) is 3.18. The lowest BCUT2D eigenvalue weighted by Crippen LogP contribution is -2.19. The highest BCUT2D eigenvalue weighted by Crippen LogP contribution is 2.20. The maximum Gasteiger partial charge on any atom is 0.0295 e. The second-order valence-electron chi connectivity index (χ2n) is 4.23. The van der Waals surface area contributed by atoms with Gasteiger partial charge in [0.1, 0.15) is 0 Å². The molecular formula is C15H16BrN. The first-order chi connectivity index (χ1) is 8.16. The highest BCUT2D eigenvalue weighted by Gasteiger charge is 2.05. The average Bonchev–Trinajstić information content (AvgIpc) is 2.35. The summed E-state index contributed by atoms with van der Waals surface area (Å²) in [6, 6.07) is 15.3. The Morgan fingerprint density at radius 3 is 2.65 bits per heavy atom. The van der Waals surface area contributed by atoms with Gasteiger partial charge in [-0.3, -0.25) is 0 Å². The van der Waals surface area contributed by atoms with Crippen molar-refractivity contribution in [3.05, 3.63) is 59.1 Å². The molecule has 0 spiro atoms. The number of hydrogen-bond acceptors (Lipinski definition) is 1. The SMILES string of the molecule is C=C(Br)CNC(C)c1ccc2ccccc2c1. The number of hydrogen-bond donors (Lipinski definition) is 1. The van der Waals surface area contributed by atoms with Crippen molar-refractivity contribution in [2.24, 2.45) is 0 Å². The summed E-state index contributed by atoms with van der Waals surface area (Å²) in [6.45, 7) is 6.78. The van der Waals surface area contributed by atoms with Crippen molar-refractivity contribution in [2.45, 2.75) is 13.0 Å². The number of benzene rings is 2. The Kier molecular flexibility index (Phi) is 3.97. The van der Waals surface area contributed by atoms with Crippen LogP contribution in [0.25, 0.3) is 10.8 Å². The van der Waals surface area contributed by atoms with Crippen molar-refractivity contribution in [1.82, 2.24) is 5.32 Å². The van der Waals surface area contributed by atoms with Crippen molar-refractivity contribution in [3.63, 3.8) is 0 Å². The Labute approximate surface area is 111 Å². The monoisotopic (exact) mass is 289 g/mol. The van der Waals surface area contributed by atoms with E-state index in [0.29, 0.717) is 6.04 Å². The van der Waals surface area contributed by atoms with E-state index in [4.69, 9.17) is 0 Å². The van der Waals surface area contributed by atoms with E-state index in [9.17, 15) is 0 Å². The summed E-state index contributed by atoms with van der Waals surface area (Å²) in [5.74, 6) is 0. The van der Waals surface area contributed by atoms with Crippen LogP contribution in [-0.2, 0) is 0 Å². The van der Waals surface area contributed by atoms with Crippen molar-refractivity contribution >= 4 is 26.7 Å². The molecule has 1 unspecified atom stereocenters. The lowest BCUT2D eigenvalue weighted by atomic mass is 10.0. The standard InChI is InChI=1S/C15H16BrN/c1-11(16)10-17-12(2)14-8-7-13-5-3-4-6-15(13)9-14/h3-9,12,17H,1,10H2,2H3. The van der Waals surface area contributed by atoms with Crippen LogP contribution < -0.4 is 5.32 Å². The summed E-state index contributed by atoms with van der Waals surface area (Å²) in [5, 5.41) is 5.99. The zero-order chi connectivity index (χ0) is 12.3. The molecule has 2 aromatic carbocycles. The Morgan fingerprint density at radius 2 is 1.94 bits per heavy atom. The van der Waals surface area contributed by atoms with E-state index < -0.39 is 0 Å². The van der Waals surface area contributed by atoms with Gasteiger partial charge >= 0.3 is 0 Å². The molecule has 0 heterocycles. The van der Waals surface area contributed by atoms with Gasteiger partial charge in [0.2, 0.25) is 0 Å². The van der Waals surface area contributed by atoms with Gasteiger partial charge in [0.25, 0.3) is 0 Å². The molecule has 88 valence electrons. The van der Waals surface area contributed by atoms with Gasteiger partial charge in [-0.15, -0.1) is 0 Å².